The van der Waals surface area contributed by atoms with E-state index in [9.17, 15) is 18.0 Å². The lowest BCUT2D eigenvalue weighted by Gasteiger charge is -2.34. The zero-order valence-electron chi connectivity index (χ0n) is 18.2. The Balaban J connectivity index is 1.61. The molecule has 1 saturated heterocycles. The largest absolute Gasteiger partial charge is 0.444 e. The van der Waals surface area contributed by atoms with Crippen molar-refractivity contribution in [3.05, 3.63) is 54.0 Å². The summed E-state index contributed by atoms with van der Waals surface area (Å²) in [6, 6.07) is 7.57. The number of aromatic nitrogens is 3. The van der Waals surface area contributed by atoms with Crippen molar-refractivity contribution in [1.29, 1.82) is 0 Å². The molecule has 0 aromatic carbocycles. The van der Waals surface area contributed by atoms with Crippen molar-refractivity contribution in [3.8, 4) is 11.3 Å². The van der Waals surface area contributed by atoms with Crippen LogP contribution in [0.25, 0.3) is 16.8 Å². The van der Waals surface area contributed by atoms with Crippen molar-refractivity contribution < 1.29 is 22.7 Å². The van der Waals surface area contributed by atoms with Crippen LogP contribution < -0.4 is 0 Å². The summed E-state index contributed by atoms with van der Waals surface area (Å²) in [7, 11) is 0. The van der Waals surface area contributed by atoms with Crippen molar-refractivity contribution in [2.24, 2.45) is 0 Å². The molecule has 1 atom stereocenters. The van der Waals surface area contributed by atoms with Crippen molar-refractivity contribution in [1.82, 2.24) is 19.5 Å². The number of amides is 1. The molecule has 1 aliphatic rings. The van der Waals surface area contributed by atoms with Gasteiger partial charge < -0.3 is 9.64 Å². The normalized spacial score (nSPS) is 17.6. The highest BCUT2D eigenvalue weighted by atomic mass is 19.4. The maximum absolute atomic E-state index is 13.2. The summed E-state index contributed by atoms with van der Waals surface area (Å²) in [6.07, 6.45) is -0.280. The predicted molar refractivity (Wildman–Crippen MR) is 113 cm³/mol. The molecule has 0 saturated carbocycles. The first-order chi connectivity index (χ1) is 15.0. The number of alkyl halides is 3. The number of hydrogen-bond donors (Lipinski definition) is 0. The van der Waals surface area contributed by atoms with E-state index in [2.05, 4.69) is 5.10 Å². The van der Waals surface area contributed by atoms with Crippen molar-refractivity contribution in [3.63, 3.8) is 0 Å². The van der Waals surface area contributed by atoms with E-state index in [-0.39, 0.29) is 12.0 Å². The second-order valence-corrected chi connectivity index (χ2v) is 9.01. The van der Waals surface area contributed by atoms with E-state index >= 15 is 0 Å². The molecule has 0 radical (unpaired) electrons. The maximum Gasteiger partial charge on any atom is 0.416 e. The number of ether oxygens (including phenoxy) is 1. The fourth-order valence-electron chi connectivity index (χ4n) is 3.89. The third-order valence-corrected chi connectivity index (χ3v) is 5.39. The van der Waals surface area contributed by atoms with Gasteiger partial charge in [0.15, 0.2) is 0 Å². The molecule has 1 fully saturated rings. The molecule has 1 unspecified atom stereocenters. The average Bonchev–Trinajstić information content (AvgIpc) is 3.15. The van der Waals surface area contributed by atoms with Crippen LogP contribution in [-0.2, 0) is 10.9 Å². The van der Waals surface area contributed by atoms with Crippen LogP contribution in [0, 0.1) is 0 Å². The molecule has 1 amide bonds. The molecule has 0 spiro atoms. The summed E-state index contributed by atoms with van der Waals surface area (Å²) in [5.74, 6) is 0.0174. The minimum atomic E-state index is -4.44. The molecule has 170 valence electrons. The molecular formula is C23H25F3N4O2. The Morgan fingerprint density at radius 2 is 1.97 bits per heavy atom. The van der Waals surface area contributed by atoms with E-state index < -0.39 is 17.3 Å². The Kier molecular flexibility index (Phi) is 5.60. The summed E-state index contributed by atoms with van der Waals surface area (Å²) >= 11 is 0. The van der Waals surface area contributed by atoms with Gasteiger partial charge in [0.05, 0.1) is 23.0 Å². The molecule has 0 bridgehead atoms. The molecule has 6 nitrogen and oxygen atoms in total. The standard InChI is InChI=1S/C23H25F3N4O2/c1-22(2,3)32-21(31)29-10-5-6-15(14-29)18-7-4-8-19(28-18)17-13-27-30-11-9-16(12-20(17)30)23(24,25)26/h4,7-9,11-13,15H,5-6,10,14H2,1-3H3. The first-order valence-corrected chi connectivity index (χ1v) is 10.5. The molecule has 9 heteroatoms. The van der Waals surface area contributed by atoms with Gasteiger partial charge in [0, 0.05) is 36.5 Å². The Morgan fingerprint density at radius 3 is 2.69 bits per heavy atom. The second-order valence-electron chi connectivity index (χ2n) is 9.01. The van der Waals surface area contributed by atoms with Gasteiger partial charge in [0.2, 0.25) is 0 Å². The van der Waals surface area contributed by atoms with E-state index in [0.29, 0.717) is 29.9 Å². The molecule has 0 N–H and O–H groups in total. The lowest BCUT2D eigenvalue weighted by atomic mass is 9.94. The lowest BCUT2D eigenvalue weighted by Crippen LogP contribution is -2.42. The predicted octanol–water partition coefficient (Wildman–Crippen LogP) is 5.53. The van der Waals surface area contributed by atoms with Gasteiger partial charge in [-0.15, -0.1) is 0 Å². The molecule has 0 aliphatic carbocycles. The highest BCUT2D eigenvalue weighted by molar-refractivity contribution is 5.78. The topological polar surface area (TPSA) is 59.7 Å². The zero-order chi connectivity index (χ0) is 23.1. The maximum atomic E-state index is 13.2. The van der Waals surface area contributed by atoms with Gasteiger partial charge in [-0.25, -0.2) is 9.31 Å². The molecule has 4 heterocycles. The number of piperidine rings is 1. The number of pyridine rings is 2. The van der Waals surface area contributed by atoms with Crippen LogP contribution in [0.2, 0.25) is 0 Å². The molecule has 3 aromatic rings. The SMILES string of the molecule is CC(C)(C)OC(=O)N1CCCC(c2cccc(-c3cnn4ccc(C(F)(F)F)cc34)n2)C1. The summed E-state index contributed by atoms with van der Waals surface area (Å²) < 4.78 is 46.4. The lowest BCUT2D eigenvalue weighted by molar-refractivity contribution is -0.137. The highest BCUT2D eigenvalue weighted by Gasteiger charge is 2.31. The summed E-state index contributed by atoms with van der Waals surface area (Å²) in [5, 5.41) is 4.17. The van der Waals surface area contributed by atoms with E-state index in [1.807, 2.05) is 32.9 Å². The number of likely N-dealkylation sites (tertiary alicyclic amines) is 1. The van der Waals surface area contributed by atoms with Crippen LogP contribution in [0.1, 0.15) is 50.8 Å². The van der Waals surface area contributed by atoms with Crippen LogP contribution in [0.15, 0.2) is 42.7 Å². The van der Waals surface area contributed by atoms with Gasteiger partial charge in [-0.2, -0.15) is 18.3 Å². The molecule has 4 rings (SSSR count). The van der Waals surface area contributed by atoms with Crippen molar-refractivity contribution in [2.45, 2.75) is 51.3 Å². The molecule has 3 aromatic heterocycles. The number of carbonyl (C=O) groups excluding carboxylic acids is 1. The molecule has 32 heavy (non-hydrogen) atoms. The average molecular weight is 446 g/mol. The van der Waals surface area contributed by atoms with E-state index in [4.69, 9.17) is 9.72 Å². The zero-order valence-corrected chi connectivity index (χ0v) is 18.2. The van der Waals surface area contributed by atoms with Gasteiger partial charge in [-0.3, -0.25) is 4.98 Å². The molecule has 1 aliphatic heterocycles. The third-order valence-electron chi connectivity index (χ3n) is 5.39. The van der Waals surface area contributed by atoms with Crippen molar-refractivity contribution in [2.75, 3.05) is 13.1 Å². The third kappa shape index (κ3) is 4.71. The minimum absolute atomic E-state index is 0.0174. The Morgan fingerprint density at radius 1 is 1.19 bits per heavy atom. The van der Waals surface area contributed by atoms with Gasteiger partial charge in [-0.05, 0) is 57.9 Å². The van der Waals surface area contributed by atoms with Crippen LogP contribution in [0.5, 0.6) is 0 Å². The number of hydrogen-bond acceptors (Lipinski definition) is 4. The Hall–Kier alpha value is -3.10. The fraction of sp³-hybridized carbons (Fsp3) is 0.435. The van der Waals surface area contributed by atoms with Crippen LogP contribution in [0.4, 0.5) is 18.0 Å². The van der Waals surface area contributed by atoms with Crippen LogP contribution in [0.3, 0.4) is 0 Å². The van der Waals surface area contributed by atoms with E-state index in [1.54, 1.807) is 11.0 Å². The van der Waals surface area contributed by atoms with Crippen LogP contribution in [-0.4, -0.2) is 44.3 Å². The summed E-state index contributed by atoms with van der Waals surface area (Å²) in [4.78, 5) is 18.9. The quantitative estimate of drug-likeness (QED) is 0.519. The summed E-state index contributed by atoms with van der Waals surface area (Å²) in [5.41, 5.74) is 0.902. The fourth-order valence-corrected chi connectivity index (χ4v) is 3.89. The van der Waals surface area contributed by atoms with E-state index in [0.717, 1.165) is 30.7 Å². The minimum Gasteiger partial charge on any atom is -0.444 e. The monoisotopic (exact) mass is 446 g/mol. The summed E-state index contributed by atoms with van der Waals surface area (Å²) in [6.45, 7) is 6.60. The number of fused-ring (bicyclic) bond motifs is 1. The number of nitrogens with zero attached hydrogens (tertiary/aromatic N) is 4. The highest BCUT2D eigenvalue weighted by Crippen LogP contribution is 2.33. The smallest absolute Gasteiger partial charge is 0.416 e. The van der Waals surface area contributed by atoms with Gasteiger partial charge in [0.1, 0.15) is 5.60 Å². The Labute approximate surface area is 184 Å². The van der Waals surface area contributed by atoms with E-state index in [1.165, 1.54) is 16.9 Å². The van der Waals surface area contributed by atoms with Gasteiger partial charge >= 0.3 is 12.3 Å². The number of carbonyl (C=O) groups is 1. The van der Waals surface area contributed by atoms with Gasteiger partial charge in [0.25, 0.3) is 0 Å². The second kappa shape index (κ2) is 8.11. The van der Waals surface area contributed by atoms with Crippen LogP contribution >= 0.6 is 0 Å². The van der Waals surface area contributed by atoms with Crippen molar-refractivity contribution >= 4 is 11.6 Å². The first-order valence-electron chi connectivity index (χ1n) is 10.5. The molecular weight excluding hydrogens is 421 g/mol. The number of halogens is 3. The van der Waals surface area contributed by atoms with Gasteiger partial charge in [-0.1, -0.05) is 6.07 Å². The first kappa shape index (κ1) is 22.1. The number of rotatable bonds is 2. The Bertz CT molecular complexity index is 1130.